The number of thioether (sulfide) groups is 1. The Balaban J connectivity index is 1.99. The first-order valence-electron chi connectivity index (χ1n) is 5.62. The predicted octanol–water partition coefficient (Wildman–Crippen LogP) is -0.546. The highest BCUT2D eigenvalue weighted by Crippen LogP contribution is 2.21. The van der Waals surface area contributed by atoms with Gasteiger partial charge in [-0.2, -0.15) is 5.10 Å². The number of benzene rings is 1. The second-order valence-electron chi connectivity index (χ2n) is 3.92. The highest BCUT2D eigenvalue weighted by atomic mass is 32.2. The number of aromatic hydroxyl groups is 1. The Morgan fingerprint density at radius 2 is 2.35 bits per heavy atom. The van der Waals surface area contributed by atoms with Crippen LogP contribution >= 0.6 is 11.8 Å². The molecule has 0 aliphatic carbocycles. The molecule has 1 amide bonds. The van der Waals surface area contributed by atoms with E-state index < -0.39 is 17.1 Å². The van der Waals surface area contributed by atoms with Crippen molar-refractivity contribution < 1.29 is 19.8 Å². The van der Waals surface area contributed by atoms with Crippen LogP contribution in [0.5, 0.6) is 5.75 Å². The molecule has 1 aromatic carbocycles. The number of nitrogens with one attached hydrogen (secondary N) is 1. The molecule has 1 saturated heterocycles. The van der Waals surface area contributed by atoms with Gasteiger partial charge in [-0.15, -0.1) is 5.10 Å². The molecule has 1 aromatic rings. The van der Waals surface area contributed by atoms with E-state index >= 15 is 0 Å². The number of carboxylic acid groups (broad SMARTS) is 1. The van der Waals surface area contributed by atoms with Gasteiger partial charge in [-0.25, -0.2) is 0 Å². The van der Waals surface area contributed by atoms with Crippen molar-refractivity contribution in [3.05, 3.63) is 29.8 Å². The average Bonchev–Trinajstić information content (AvgIpc) is 2.69. The van der Waals surface area contributed by atoms with E-state index in [-0.39, 0.29) is 17.3 Å². The van der Waals surface area contributed by atoms with Crippen LogP contribution in [0.25, 0.3) is 0 Å². The Kier molecular flexibility index (Phi) is 4.36. The zero-order valence-electron chi connectivity index (χ0n) is 10.1. The SMILES string of the molecule is O=C([O-])C[C@H]1S/C(=N/N=C\c2cccc(O)c2)NC1=O. The summed E-state index contributed by atoms with van der Waals surface area (Å²) in [6.07, 6.45) is 1.04. The molecule has 1 aliphatic heterocycles. The van der Waals surface area contributed by atoms with Gasteiger partial charge in [0.15, 0.2) is 5.17 Å². The van der Waals surface area contributed by atoms with Crippen LogP contribution in [0.15, 0.2) is 34.5 Å². The maximum absolute atomic E-state index is 11.4. The average molecular weight is 292 g/mol. The van der Waals surface area contributed by atoms with Gasteiger partial charge < -0.3 is 20.3 Å². The lowest BCUT2D eigenvalue weighted by Crippen LogP contribution is -2.31. The van der Waals surface area contributed by atoms with Crippen molar-refractivity contribution in [2.24, 2.45) is 10.2 Å². The van der Waals surface area contributed by atoms with Crippen molar-refractivity contribution in [2.75, 3.05) is 0 Å². The monoisotopic (exact) mass is 292 g/mol. The summed E-state index contributed by atoms with van der Waals surface area (Å²) >= 11 is 0.991. The lowest BCUT2D eigenvalue weighted by atomic mass is 10.2. The molecule has 2 rings (SSSR count). The number of amides is 1. The molecular weight excluding hydrogens is 282 g/mol. The van der Waals surface area contributed by atoms with E-state index in [9.17, 15) is 19.8 Å². The van der Waals surface area contributed by atoms with Crippen molar-refractivity contribution in [1.82, 2.24) is 5.32 Å². The zero-order valence-corrected chi connectivity index (χ0v) is 11.0. The smallest absolute Gasteiger partial charge is 0.239 e. The van der Waals surface area contributed by atoms with Crippen LogP contribution in [0.3, 0.4) is 0 Å². The number of phenols is 1. The molecule has 1 fully saturated rings. The molecule has 0 saturated carbocycles. The molecule has 104 valence electrons. The number of carboxylic acids is 1. The molecule has 1 atom stereocenters. The van der Waals surface area contributed by atoms with E-state index in [1.54, 1.807) is 12.1 Å². The maximum Gasteiger partial charge on any atom is 0.239 e. The summed E-state index contributed by atoms with van der Waals surface area (Å²) in [7, 11) is 0. The summed E-state index contributed by atoms with van der Waals surface area (Å²) in [5.74, 6) is -1.60. The normalized spacial score (nSPS) is 20.5. The third kappa shape index (κ3) is 3.82. The first-order chi connectivity index (χ1) is 9.54. The molecule has 2 N–H and O–H groups in total. The number of rotatable bonds is 4. The van der Waals surface area contributed by atoms with Gasteiger partial charge in [0.2, 0.25) is 5.91 Å². The van der Waals surface area contributed by atoms with Gasteiger partial charge >= 0.3 is 0 Å². The summed E-state index contributed by atoms with van der Waals surface area (Å²) < 4.78 is 0. The summed E-state index contributed by atoms with van der Waals surface area (Å²) in [6, 6.07) is 6.41. The van der Waals surface area contributed by atoms with Gasteiger partial charge in [0.25, 0.3) is 0 Å². The molecule has 1 aliphatic rings. The van der Waals surface area contributed by atoms with Crippen molar-refractivity contribution >= 4 is 35.0 Å². The van der Waals surface area contributed by atoms with Gasteiger partial charge in [0.1, 0.15) is 5.75 Å². The fourth-order valence-corrected chi connectivity index (χ4v) is 2.40. The van der Waals surface area contributed by atoms with E-state index in [2.05, 4.69) is 15.5 Å². The third-order valence-corrected chi connectivity index (χ3v) is 3.43. The van der Waals surface area contributed by atoms with Crippen molar-refractivity contribution in [2.45, 2.75) is 11.7 Å². The summed E-state index contributed by atoms with van der Waals surface area (Å²) in [4.78, 5) is 21.9. The van der Waals surface area contributed by atoms with Crippen LogP contribution in [0.1, 0.15) is 12.0 Å². The molecule has 0 radical (unpaired) electrons. The van der Waals surface area contributed by atoms with Gasteiger partial charge in [-0.05, 0) is 17.7 Å². The Morgan fingerprint density at radius 3 is 3.05 bits per heavy atom. The first-order valence-corrected chi connectivity index (χ1v) is 6.50. The Labute approximate surface area is 118 Å². The lowest BCUT2D eigenvalue weighted by molar-refractivity contribution is -0.305. The number of nitrogens with zero attached hydrogens (tertiary/aromatic N) is 2. The van der Waals surface area contributed by atoms with E-state index in [0.717, 1.165) is 11.8 Å². The minimum absolute atomic E-state index is 0.110. The van der Waals surface area contributed by atoms with Crippen molar-refractivity contribution in [1.29, 1.82) is 0 Å². The number of carbonyl (C=O) groups excluding carboxylic acids is 2. The number of amidine groups is 1. The summed E-state index contributed by atoms with van der Waals surface area (Å²) in [6.45, 7) is 0. The quantitative estimate of drug-likeness (QED) is 0.571. The van der Waals surface area contributed by atoms with Crippen LogP contribution < -0.4 is 10.4 Å². The topological polar surface area (TPSA) is 114 Å². The maximum atomic E-state index is 11.4. The molecule has 0 aromatic heterocycles. The lowest BCUT2D eigenvalue weighted by Gasteiger charge is -2.04. The minimum atomic E-state index is -1.29. The van der Waals surface area contributed by atoms with Crippen molar-refractivity contribution in [3.63, 3.8) is 0 Å². The molecule has 0 spiro atoms. The van der Waals surface area contributed by atoms with Crippen LogP contribution in [0.2, 0.25) is 0 Å². The first kappa shape index (κ1) is 14.1. The zero-order chi connectivity index (χ0) is 14.5. The molecule has 7 nitrogen and oxygen atoms in total. The van der Waals surface area contributed by atoms with Gasteiger partial charge in [-0.1, -0.05) is 23.9 Å². The molecule has 0 bridgehead atoms. The third-order valence-electron chi connectivity index (χ3n) is 2.35. The summed E-state index contributed by atoms with van der Waals surface area (Å²) in [5, 5.41) is 29.2. The Hall–Kier alpha value is -2.35. The van der Waals surface area contributed by atoms with Gasteiger partial charge in [0, 0.05) is 12.4 Å². The van der Waals surface area contributed by atoms with Crippen molar-refractivity contribution in [3.8, 4) is 5.75 Å². The second-order valence-corrected chi connectivity index (χ2v) is 5.11. The molecule has 0 unspecified atom stereocenters. The van der Waals surface area contributed by atoms with E-state index in [4.69, 9.17) is 0 Å². The van der Waals surface area contributed by atoms with Crippen LogP contribution in [-0.2, 0) is 9.59 Å². The van der Waals surface area contributed by atoms with Crippen LogP contribution in [0, 0.1) is 0 Å². The number of phenolic OH excluding ortho intramolecular Hbond substituents is 1. The predicted molar refractivity (Wildman–Crippen MR) is 72.3 cm³/mol. The fourth-order valence-electron chi connectivity index (χ4n) is 1.49. The summed E-state index contributed by atoms with van der Waals surface area (Å²) in [5.41, 5.74) is 0.648. The Bertz CT molecular complexity index is 600. The molecular formula is C12H10N3O4S-. The number of hydrogen-bond acceptors (Lipinski definition) is 7. The standard InChI is InChI=1S/C12H11N3O4S/c16-8-3-1-2-7(4-8)6-13-15-12-14-11(19)9(20-12)5-10(17)18/h1-4,6,9,16H,5H2,(H,17,18)(H,14,15,19)/p-1/b13-6-/t9-/m1/s1. The van der Waals surface area contributed by atoms with E-state index in [0.29, 0.717) is 5.56 Å². The molecule has 1 heterocycles. The van der Waals surface area contributed by atoms with Gasteiger partial charge in [-0.3, -0.25) is 4.79 Å². The Morgan fingerprint density at radius 1 is 1.55 bits per heavy atom. The number of carbonyl (C=O) groups is 2. The largest absolute Gasteiger partial charge is 0.550 e. The van der Waals surface area contributed by atoms with E-state index in [1.165, 1.54) is 18.3 Å². The van der Waals surface area contributed by atoms with Crippen LogP contribution in [-0.4, -0.2) is 33.6 Å². The highest BCUT2D eigenvalue weighted by Gasteiger charge is 2.30. The molecule has 20 heavy (non-hydrogen) atoms. The van der Waals surface area contributed by atoms with Crippen LogP contribution in [0.4, 0.5) is 0 Å². The fraction of sp³-hybridized carbons (Fsp3) is 0.167. The highest BCUT2D eigenvalue weighted by molar-refractivity contribution is 8.15. The van der Waals surface area contributed by atoms with E-state index in [1.807, 2.05) is 0 Å². The van der Waals surface area contributed by atoms with Gasteiger partial charge in [0.05, 0.1) is 11.5 Å². The number of aliphatic carboxylic acids is 1. The second kappa shape index (κ2) is 6.20. The number of hydrogen-bond donors (Lipinski definition) is 2. The molecule has 8 heteroatoms. The minimum Gasteiger partial charge on any atom is -0.550 e.